The molecule has 2 rings (SSSR count). The van der Waals surface area contributed by atoms with Crippen molar-refractivity contribution >= 4 is 0 Å². The predicted molar refractivity (Wildman–Crippen MR) is 66.2 cm³/mol. The summed E-state index contributed by atoms with van der Waals surface area (Å²) < 4.78 is 7.80. The summed E-state index contributed by atoms with van der Waals surface area (Å²) in [5.41, 5.74) is 0.381. The second-order valence-corrected chi connectivity index (χ2v) is 3.81. The molecule has 5 nitrogen and oxygen atoms in total. The number of hydrogen-bond donors (Lipinski definition) is 0. The molecule has 0 aliphatic rings. The highest BCUT2D eigenvalue weighted by Gasteiger charge is 2.21. The Hall–Kier alpha value is -2.17. The van der Waals surface area contributed by atoms with Crippen LogP contribution in [0.25, 0.3) is 11.5 Å². The number of aromatic nitrogens is 2. The van der Waals surface area contributed by atoms with E-state index in [9.17, 15) is 9.59 Å². The van der Waals surface area contributed by atoms with Crippen LogP contribution in [-0.4, -0.2) is 4.57 Å². The zero-order chi connectivity index (χ0) is 13.1. The highest BCUT2D eigenvalue weighted by atomic mass is 16.4. The van der Waals surface area contributed by atoms with E-state index >= 15 is 0 Å². The number of hydrogen-bond acceptors (Lipinski definition) is 3. The van der Waals surface area contributed by atoms with Crippen LogP contribution in [0, 0.1) is 0 Å². The minimum Gasteiger partial charge on any atom is -0.353 e. The maximum atomic E-state index is 12.1. The molecule has 1 aromatic carbocycles. The number of benzene rings is 1. The van der Waals surface area contributed by atoms with Crippen LogP contribution in [0.4, 0.5) is 0 Å². The van der Waals surface area contributed by atoms with Crippen molar-refractivity contribution in [3.8, 4) is 11.5 Å². The molecular weight excluding hydrogens is 232 g/mol. The lowest BCUT2D eigenvalue weighted by Gasteiger charge is -2.03. The molecule has 0 N–H and O–H groups in total. The molecular formula is C13H15N2O3+. The SMILES string of the molecule is CCn1c(=O)oc(-c2ccccc2)[n+](CC)c1=O. The molecule has 0 spiro atoms. The second kappa shape index (κ2) is 5.00. The van der Waals surface area contributed by atoms with Gasteiger partial charge in [-0.15, -0.1) is 4.57 Å². The monoisotopic (exact) mass is 247 g/mol. The van der Waals surface area contributed by atoms with Gasteiger partial charge in [0.05, 0.1) is 18.7 Å². The highest BCUT2D eigenvalue weighted by molar-refractivity contribution is 5.49. The Labute approximate surface area is 104 Å². The molecule has 0 saturated heterocycles. The van der Waals surface area contributed by atoms with Gasteiger partial charge in [-0.1, -0.05) is 18.2 Å². The van der Waals surface area contributed by atoms with Gasteiger partial charge in [0.2, 0.25) is 0 Å². The fraction of sp³-hybridized carbons (Fsp3) is 0.308. The van der Waals surface area contributed by atoms with Crippen molar-refractivity contribution in [2.45, 2.75) is 26.9 Å². The van der Waals surface area contributed by atoms with Crippen LogP contribution in [0.3, 0.4) is 0 Å². The van der Waals surface area contributed by atoms with E-state index in [1.54, 1.807) is 19.1 Å². The van der Waals surface area contributed by atoms with Gasteiger partial charge in [-0.05, 0) is 26.0 Å². The molecule has 0 aliphatic carbocycles. The van der Waals surface area contributed by atoms with E-state index in [1.165, 1.54) is 4.57 Å². The van der Waals surface area contributed by atoms with Gasteiger partial charge in [-0.2, -0.15) is 14.2 Å². The Morgan fingerprint density at radius 3 is 2.39 bits per heavy atom. The first-order valence-electron chi connectivity index (χ1n) is 5.92. The van der Waals surface area contributed by atoms with Gasteiger partial charge in [0, 0.05) is 0 Å². The van der Waals surface area contributed by atoms with Crippen LogP contribution in [0.1, 0.15) is 13.8 Å². The van der Waals surface area contributed by atoms with Crippen LogP contribution < -0.4 is 16.0 Å². The second-order valence-electron chi connectivity index (χ2n) is 3.81. The van der Waals surface area contributed by atoms with Gasteiger partial charge in [0.25, 0.3) is 0 Å². The van der Waals surface area contributed by atoms with Crippen LogP contribution in [0.15, 0.2) is 44.3 Å². The maximum Gasteiger partial charge on any atom is 0.518 e. The van der Waals surface area contributed by atoms with E-state index in [0.29, 0.717) is 19.0 Å². The van der Waals surface area contributed by atoms with Gasteiger partial charge < -0.3 is 4.42 Å². The third-order valence-corrected chi connectivity index (χ3v) is 2.76. The van der Waals surface area contributed by atoms with Crippen molar-refractivity contribution in [3.05, 3.63) is 51.4 Å². The van der Waals surface area contributed by atoms with Gasteiger partial charge >= 0.3 is 17.3 Å². The molecule has 0 radical (unpaired) electrons. The standard InChI is InChI=1S/C13H15N2O3/c1-3-14-11(10-8-6-5-7-9-10)18-13(17)15(4-2)12(14)16/h5-9H,3-4H2,1-2H3/q+1. The Balaban J connectivity index is 2.77. The van der Waals surface area contributed by atoms with E-state index in [-0.39, 0.29) is 5.69 Å². The van der Waals surface area contributed by atoms with Crippen molar-refractivity contribution in [1.82, 2.24) is 4.57 Å². The topological polar surface area (TPSA) is 56.1 Å². The lowest BCUT2D eigenvalue weighted by molar-refractivity contribution is -0.711. The van der Waals surface area contributed by atoms with E-state index < -0.39 is 5.76 Å². The predicted octanol–water partition coefficient (Wildman–Crippen LogP) is 0.796. The molecule has 0 atom stereocenters. The summed E-state index contributed by atoms with van der Waals surface area (Å²) in [7, 11) is 0. The van der Waals surface area contributed by atoms with Gasteiger partial charge in [-0.25, -0.2) is 0 Å². The number of rotatable bonds is 3. The third kappa shape index (κ3) is 1.99. The Bertz CT molecular complexity index is 656. The minimum atomic E-state index is -0.619. The zero-order valence-electron chi connectivity index (χ0n) is 10.4. The first kappa shape index (κ1) is 12.3. The molecule has 0 amide bonds. The molecule has 2 aromatic rings. The first-order chi connectivity index (χ1) is 8.69. The Morgan fingerprint density at radius 1 is 1.17 bits per heavy atom. The molecule has 1 heterocycles. The summed E-state index contributed by atoms with van der Waals surface area (Å²) >= 11 is 0. The quantitative estimate of drug-likeness (QED) is 0.754. The lowest BCUT2D eigenvalue weighted by Crippen LogP contribution is -2.58. The molecule has 1 aromatic heterocycles. The van der Waals surface area contributed by atoms with Crippen LogP contribution in [0.2, 0.25) is 0 Å². The third-order valence-electron chi connectivity index (χ3n) is 2.76. The van der Waals surface area contributed by atoms with Crippen molar-refractivity contribution in [2.75, 3.05) is 0 Å². The van der Waals surface area contributed by atoms with Crippen molar-refractivity contribution in [2.24, 2.45) is 0 Å². The smallest absolute Gasteiger partial charge is 0.353 e. The van der Waals surface area contributed by atoms with E-state index in [2.05, 4.69) is 0 Å². The summed E-state index contributed by atoms with van der Waals surface area (Å²) in [6.45, 7) is 4.33. The summed E-state index contributed by atoms with van der Waals surface area (Å²) in [6.07, 6.45) is 0. The molecule has 94 valence electrons. The molecule has 0 saturated carbocycles. The van der Waals surface area contributed by atoms with Crippen LogP contribution >= 0.6 is 0 Å². The molecule has 0 fully saturated rings. The minimum absolute atomic E-state index is 0.302. The van der Waals surface area contributed by atoms with Gasteiger partial charge in [0.1, 0.15) is 0 Å². The van der Waals surface area contributed by atoms with E-state index in [0.717, 1.165) is 10.1 Å². The molecule has 0 aliphatic heterocycles. The summed E-state index contributed by atoms with van der Waals surface area (Å²) in [5.74, 6) is -0.316. The van der Waals surface area contributed by atoms with E-state index in [4.69, 9.17) is 4.42 Å². The lowest BCUT2D eigenvalue weighted by atomic mass is 10.2. The molecule has 5 heteroatoms. The average Bonchev–Trinajstić information content (AvgIpc) is 2.39. The normalized spacial score (nSPS) is 10.6. The Morgan fingerprint density at radius 2 is 1.83 bits per heavy atom. The summed E-state index contributed by atoms with van der Waals surface area (Å²) in [4.78, 5) is 23.8. The largest absolute Gasteiger partial charge is 0.518 e. The van der Waals surface area contributed by atoms with Gasteiger partial charge in [-0.3, -0.25) is 0 Å². The summed E-state index contributed by atoms with van der Waals surface area (Å²) in [6, 6.07) is 9.15. The molecule has 0 unspecified atom stereocenters. The van der Waals surface area contributed by atoms with Crippen molar-refractivity contribution < 1.29 is 8.98 Å². The highest BCUT2D eigenvalue weighted by Crippen LogP contribution is 2.11. The van der Waals surface area contributed by atoms with Crippen molar-refractivity contribution in [3.63, 3.8) is 0 Å². The molecule has 18 heavy (non-hydrogen) atoms. The zero-order valence-corrected chi connectivity index (χ0v) is 10.4. The average molecular weight is 247 g/mol. The maximum absolute atomic E-state index is 12.1. The van der Waals surface area contributed by atoms with Crippen molar-refractivity contribution in [1.29, 1.82) is 0 Å². The van der Waals surface area contributed by atoms with Gasteiger partial charge in [0.15, 0.2) is 0 Å². The Kier molecular flexibility index (Phi) is 3.41. The fourth-order valence-corrected chi connectivity index (χ4v) is 1.84. The van der Waals surface area contributed by atoms with Crippen LogP contribution in [0.5, 0.6) is 0 Å². The van der Waals surface area contributed by atoms with Crippen LogP contribution in [-0.2, 0) is 13.1 Å². The molecule has 0 bridgehead atoms. The fourth-order valence-electron chi connectivity index (χ4n) is 1.84. The number of nitrogens with zero attached hydrogens (tertiary/aromatic N) is 2. The first-order valence-corrected chi connectivity index (χ1v) is 5.92. The van der Waals surface area contributed by atoms with E-state index in [1.807, 2.05) is 25.1 Å². The summed E-state index contributed by atoms with van der Waals surface area (Å²) in [5, 5.41) is 0.